The van der Waals surface area contributed by atoms with Gasteiger partial charge in [-0.1, -0.05) is 13.8 Å². The van der Waals surface area contributed by atoms with Crippen LogP contribution in [0.3, 0.4) is 0 Å². The van der Waals surface area contributed by atoms with Crippen molar-refractivity contribution in [2.45, 2.75) is 27.2 Å². The zero-order valence-electron chi connectivity index (χ0n) is 10.2. The zero-order valence-corrected chi connectivity index (χ0v) is 10.2. The first-order valence-corrected chi connectivity index (χ1v) is 5.56. The van der Waals surface area contributed by atoms with Crippen LogP contribution in [0.4, 0.5) is 0 Å². The van der Waals surface area contributed by atoms with Crippen LogP contribution in [-0.4, -0.2) is 38.2 Å². The number of amides is 1. The molecule has 0 aromatic heterocycles. The van der Waals surface area contributed by atoms with E-state index in [9.17, 15) is 9.59 Å². The molecule has 1 unspecified atom stereocenters. The van der Waals surface area contributed by atoms with Crippen LogP contribution in [0.15, 0.2) is 0 Å². The lowest BCUT2D eigenvalue weighted by atomic mass is 10.1. The summed E-state index contributed by atoms with van der Waals surface area (Å²) in [5.41, 5.74) is 0. The van der Waals surface area contributed by atoms with E-state index in [-0.39, 0.29) is 24.4 Å². The van der Waals surface area contributed by atoms with Gasteiger partial charge in [-0.05, 0) is 6.42 Å². The number of rotatable bonds is 8. The number of ether oxygens (including phenoxy) is 2. The lowest BCUT2D eigenvalue weighted by molar-refractivity contribution is -0.149. The monoisotopic (exact) mass is 231 g/mol. The summed E-state index contributed by atoms with van der Waals surface area (Å²) in [6, 6.07) is 0. The number of hydrogen-bond donors (Lipinski definition) is 1. The quantitative estimate of drug-likeness (QED) is 0.494. The molecule has 0 aromatic rings. The Balaban J connectivity index is 3.27. The molecule has 5 nitrogen and oxygen atoms in total. The highest BCUT2D eigenvalue weighted by Gasteiger charge is 2.10. The molecule has 0 heterocycles. The fraction of sp³-hybridized carbons (Fsp3) is 0.818. The molecule has 0 bridgehead atoms. The molecule has 0 radical (unpaired) electrons. The van der Waals surface area contributed by atoms with Crippen LogP contribution in [0, 0.1) is 5.92 Å². The molecule has 5 heteroatoms. The third kappa shape index (κ3) is 8.23. The predicted molar refractivity (Wildman–Crippen MR) is 59.9 cm³/mol. The lowest BCUT2D eigenvalue weighted by Gasteiger charge is -2.09. The average Bonchev–Trinajstić information content (AvgIpc) is 2.25. The van der Waals surface area contributed by atoms with Crippen molar-refractivity contribution >= 4 is 11.9 Å². The van der Waals surface area contributed by atoms with Crippen molar-refractivity contribution in [1.29, 1.82) is 0 Å². The SMILES string of the molecule is CCC(C)C(=O)OCCOCCNC(C)=O. The molecule has 0 saturated carbocycles. The van der Waals surface area contributed by atoms with Gasteiger partial charge in [0.2, 0.25) is 5.91 Å². The smallest absolute Gasteiger partial charge is 0.308 e. The third-order valence-corrected chi connectivity index (χ3v) is 2.11. The van der Waals surface area contributed by atoms with Gasteiger partial charge in [-0.3, -0.25) is 9.59 Å². The number of hydrogen-bond acceptors (Lipinski definition) is 4. The van der Waals surface area contributed by atoms with Crippen molar-refractivity contribution < 1.29 is 19.1 Å². The van der Waals surface area contributed by atoms with Crippen LogP contribution in [0.2, 0.25) is 0 Å². The summed E-state index contributed by atoms with van der Waals surface area (Å²) in [5.74, 6) is -0.320. The number of nitrogens with one attached hydrogen (secondary N) is 1. The van der Waals surface area contributed by atoms with Crippen LogP contribution in [0.1, 0.15) is 27.2 Å². The van der Waals surface area contributed by atoms with E-state index in [1.54, 1.807) is 0 Å². The minimum atomic E-state index is -0.187. The summed E-state index contributed by atoms with van der Waals surface area (Å²) in [5, 5.41) is 2.60. The van der Waals surface area contributed by atoms with Crippen molar-refractivity contribution in [3.63, 3.8) is 0 Å². The first-order valence-electron chi connectivity index (χ1n) is 5.56. The summed E-state index contributed by atoms with van der Waals surface area (Å²) >= 11 is 0. The first-order chi connectivity index (χ1) is 7.57. The summed E-state index contributed by atoms with van der Waals surface area (Å²) < 4.78 is 10.1. The van der Waals surface area contributed by atoms with E-state index >= 15 is 0 Å². The Bertz CT molecular complexity index is 218. The van der Waals surface area contributed by atoms with Gasteiger partial charge in [-0.25, -0.2) is 0 Å². The van der Waals surface area contributed by atoms with Gasteiger partial charge in [-0.15, -0.1) is 0 Å². The minimum absolute atomic E-state index is 0.0561. The molecule has 0 rings (SSSR count). The maximum absolute atomic E-state index is 11.2. The second-order valence-corrected chi connectivity index (χ2v) is 3.57. The molecule has 16 heavy (non-hydrogen) atoms. The van der Waals surface area contributed by atoms with E-state index in [2.05, 4.69) is 5.32 Å². The molecular formula is C11H21NO4. The molecule has 0 aromatic carbocycles. The molecule has 0 aliphatic carbocycles. The van der Waals surface area contributed by atoms with Gasteiger partial charge in [-0.2, -0.15) is 0 Å². The second kappa shape index (κ2) is 9.15. The van der Waals surface area contributed by atoms with Crippen LogP contribution < -0.4 is 5.32 Å². The summed E-state index contributed by atoms with van der Waals surface area (Å²) in [6.45, 7) is 6.77. The molecule has 0 fully saturated rings. The molecule has 1 amide bonds. The highest BCUT2D eigenvalue weighted by molar-refractivity contribution is 5.72. The molecule has 0 aliphatic heterocycles. The second-order valence-electron chi connectivity index (χ2n) is 3.57. The highest BCUT2D eigenvalue weighted by atomic mass is 16.6. The van der Waals surface area contributed by atoms with Crippen molar-refractivity contribution in [2.24, 2.45) is 5.92 Å². The fourth-order valence-corrected chi connectivity index (χ4v) is 0.911. The van der Waals surface area contributed by atoms with Crippen LogP contribution in [0.5, 0.6) is 0 Å². The summed E-state index contributed by atoms with van der Waals surface area (Å²) in [6.07, 6.45) is 0.780. The number of esters is 1. The van der Waals surface area contributed by atoms with E-state index in [4.69, 9.17) is 9.47 Å². The molecule has 1 N–H and O–H groups in total. The molecule has 0 saturated heterocycles. The van der Waals surface area contributed by atoms with Gasteiger partial charge >= 0.3 is 5.97 Å². The van der Waals surface area contributed by atoms with E-state index in [1.807, 2.05) is 13.8 Å². The first kappa shape index (κ1) is 14.9. The Morgan fingerprint density at radius 3 is 2.50 bits per heavy atom. The predicted octanol–water partition coefficient (Wildman–Crippen LogP) is 0.728. The van der Waals surface area contributed by atoms with Gasteiger partial charge in [0.05, 0.1) is 19.1 Å². The van der Waals surface area contributed by atoms with Gasteiger partial charge in [0.15, 0.2) is 0 Å². The zero-order chi connectivity index (χ0) is 12.4. The van der Waals surface area contributed by atoms with E-state index in [0.717, 1.165) is 6.42 Å². The van der Waals surface area contributed by atoms with E-state index in [1.165, 1.54) is 6.92 Å². The Hall–Kier alpha value is -1.10. The van der Waals surface area contributed by atoms with Crippen molar-refractivity contribution in [3.8, 4) is 0 Å². The highest BCUT2D eigenvalue weighted by Crippen LogP contribution is 2.02. The van der Waals surface area contributed by atoms with Crippen molar-refractivity contribution in [3.05, 3.63) is 0 Å². The maximum Gasteiger partial charge on any atom is 0.308 e. The largest absolute Gasteiger partial charge is 0.463 e. The Morgan fingerprint density at radius 2 is 1.94 bits per heavy atom. The van der Waals surface area contributed by atoms with Gasteiger partial charge < -0.3 is 14.8 Å². The summed E-state index contributed by atoms with van der Waals surface area (Å²) in [7, 11) is 0. The van der Waals surface area contributed by atoms with E-state index < -0.39 is 0 Å². The topological polar surface area (TPSA) is 64.6 Å². The fourth-order valence-electron chi connectivity index (χ4n) is 0.911. The minimum Gasteiger partial charge on any atom is -0.463 e. The molecule has 94 valence electrons. The molecule has 1 atom stereocenters. The Labute approximate surface area is 96.5 Å². The van der Waals surface area contributed by atoms with Gasteiger partial charge in [0.25, 0.3) is 0 Å². The van der Waals surface area contributed by atoms with Crippen LogP contribution in [-0.2, 0) is 19.1 Å². The molecule has 0 aliphatic rings. The van der Waals surface area contributed by atoms with Gasteiger partial charge in [0, 0.05) is 13.5 Å². The molecule has 0 spiro atoms. The van der Waals surface area contributed by atoms with Gasteiger partial charge in [0.1, 0.15) is 6.61 Å². The van der Waals surface area contributed by atoms with Crippen LogP contribution >= 0.6 is 0 Å². The summed E-state index contributed by atoms with van der Waals surface area (Å²) in [4.78, 5) is 21.7. The normalized spacial score (nSPS) is 11.9. The number of carbonyl (C=O) groups is 2. The van der Waals surface area contributed by atoms with Crippen molar-refractivity contribution in [2.75, 3.05) is 26.4 Å². The maximum atomic E-state index is 11.2. The van der Waals surface area contributed by atoms with E-state index in [0.29, 0.717) is 19.8 Å². The lowest BCUT2D eigenvalue weighted by Crippen LogP contribution is -2.25. The Kier molecular flexibility index (Phi) is 8.52. The third-order valence-electron chi connectivity index (χ3n) is 2.11. The molecular weight excluding hydrogens is 210 g/mol. The van der Waals surface area contributed by atoms with Crippen molar-refractivity contribution in [1.82, 2.24) is 5.32 Å². The van der Waals surface area contributed by atoms with Crippen LogP contribution in [0.25, 0.3) is 0 Å². The Morgan fingerprint density at radius 1 is 1.25 bits per heavy atom. The average molecular weight is 231 g/mol. The standard InChI is InChI=1S/C11H21NO4/c1-4-9(2)11(14)16-8-7-15-6-5-12-10(3)13/h9H,4-8H2,1-3H3,(H,12,13). The number of carbonyl (C=O) groups excluding carboxylic acids is 2.